The van der Waals surface area contributed by atoms with E-state index in [4.69, 9.17) is 9.47 Å². The maximum Gasteiger partial charge on any atom is 0.407 e. The number of nitrogens with zero attached hydrogens (tertiary/aromatic N) is 1. The molecule has 0 radical (unpaired) electrons. The van der Waals surface area contributed by atoms with Gasteiger partial charge in [0.15, 0.2) is 0 Å². The summed E-state index contributed by atoms with van der Waals surface area (Å²) in [5, 5.41) is 12.2. The molecule has 1 aliphatic heterocycles. The molecule has 2 aromatic rings. The van der Waals surface area contributed by atoms with Crippen molar-refractivity contribution in [3.63, 3.8) is 0 Å². The van der Waals surface area contributed by atoms with Crippen LogP contribution in [0.1, 0.15) is 43.7 Å². The van der Waals surface area contributed by atoms with E-state index in [1.165, 1.54) is 12.0 Å². The van der Waals surface area contributed by atoms with Crippen LogP contribution in [-0.4, -0.2) is 66.9 Å². The lowest BCUT2D eigenvalue weighted by Gasteiger charge is -2.31. The number of hydrogen-bond donors (Lipinski definition) is 2. The van der Waals surface area contributed by atoms with Crippen molar-refractivity contribution in [3.05, 3.63) is 59.7 Å². The minimum absolute atomic E-state index is 0.0250. The summed E-state index contributed by atoms with van der Waals surface area (Å²) in [6.45, 7) is 4.21. The Hall–Kier alpha value is -3.39. The molecule has 2 atom stereocenters. The average molecular weight is 481 g/mol. The highest BCUT2D eigenvalue weighted by Crippen LogP contribution is 2.44. The zero-order valence-corrected chi connectivity index (χ0v) is 20.3. The van der Waals surface area contributed by atoms with Crippen LogP contribution in [0.4, 0.5) is 4.79 Å². The number of likely N-dealkylation sites (tertiary alicyclic amines) is 1. The number of nitrogens with one attached hydrogen (secondary N) is 1. The lowest BCUT2D eigenvalue weighted by Crippen LogP contribution is -2.47. The standard InChI is InChI=1S/C27H32N2O6/c1-27(2,25(32)29-15-17(34-3)14-23(29)24(30)31)12-13-28-26(33)35-16-22-20-10-6-4-8-18(20)19-9-5-7-11-21(19)22/h4-11,17,22-23H,12-16H2,1-3H3,(H,28,33)(H,30,31). The first-order valence-corrected chi connectivity index (χ1v) is 11.9. The number of amides is 2. The summed E-state index contributed by atoms with van der Waals surface area (Å²) in [7, 11) is 1.51. The van der Waals surface area contributed by atoms with Gasteiger partial charge in [-0.3, -0.25) is 4.79 Å². The zero-order chi connectivity index (χ0) is 25.2. The van der Waals surface area contributed by atoms with Crippen LogP contribution < -0.4 is 5.32 Å². The Morgan fingerprint density at radius 3 is 2.23 bits per heavy atom. The summed E-state index contributed by atoms with van der Waals surface area (Å²) in [5.41, 5.74) is 3.75. The van der Waals surface area contributed by atoms with Crippen molar-refractivity contribution >= 4 is 18.0 Å². The molecule has 1 heterocycles. The van der Waals surface area contributed by atoms with Gasteiger partial charge in [-0.1, -0.05) is 62.4 Å². The molecule has 2 aromatic carbocycles. The van der Waals surface area contributed by atoms with Crippen LogP contribution in [0.2, 0.25) is 0 Å². The largest absolute Gasteiger partial charge is 0.480 e. The third-order valence-electron chi connectivity index (χ3n) is 7.08. The molecule has 2 N–H and O–H groups in total. The predicted molar refractivity (Wildman–Crippen MR) is 130 cm³/mol. The summed E-state index contributed by atoms with van der Waals surface area (Å²) in [6.07, 6.45) is -0.226. The predicted octanol–water partition coefficient (Wildman–Crippen LogP) is 3.64. The third kappa shape index (κ3) is 5.03. The van der Waals surface area contributed by atoms with Gasteiger partial charge in [0, 0.05) is 38.0 Å². The second-order valence-electron chi connectivity index (χ2n) is 9.79. The number of carboxylic acids is 1. The number of carbonyl (C=O) groups is 3. The first kappa shape index (κ1) is 24.7. The van der Waals surface area contributed by atoms with Crippen LogP contribution in [0.15, 0.2) is 48.5 Å². The van der Waals surface area contributed by atoms with Gasteiger partial charge in [-0.2, -0.15) is 0 Å². The number of methoxy groups -OCH3 is 1. The molecule has 4 rings (SSSR count). The Morgan fingerprint density at radius 2 is 1.66 bits per heavy atom. The van der Waals surface area contributed by atoms with Crippen LogP contribution >= 0.6 is 0 Å². The molecule has 0 spiro atoms. The van der Waals surface area contributed by atoms with Crippen LogP contribution in [0.5, 0.6) is 0 Å². The van der Waals surface area contributed by atoms with Crippen molar-refractivity contribution in [1.82, 2.24) is 10.2 Å². The fourth-order valence-electron chi connectivity index (χ4n) is 5.05. The van der Waals surface area contributed by atoms with Gasteiger partial charge in [0.05, 0.1) is 6.10 Å². The topological polar surface area (TPSA) is 105 Å². The van der Waals surface area contributed by atoms with Crippen molar-refractivity contribution in [2.75, 3.05) is 26.8 Å². The monoisotopic (exact) mass is 480 g/mol. The molecule has 0 aromatic heterocycles. The van der Waals surface area contributed by atoms with Crippen LogP contribution in [0.3, 0.4) is 0 Å². The molecule has 1 saturated heterocycles. The molecule has 8 nitrogen and oxygen atoms in total. The number of carboxylic acid groups (broad SMARTS) is 1. The summed E-state index contributed by atoms with van der Waals surface area (Å²) in [5.74, 6) is -1.33. The normalized spacial score (nSPS) is 19.2. The van der Waals surface area contributed by atoms with E-state index in [1.807, 2.05) is 24.3 Å². The maximum atomic E-state index is 13.1. The maximum absolute atomic E-state index is 13.1. The lowest BCUT2D eigenvalue weighted by atomic mass is 9.87. The molecular formula is C27H32N2O6. The Bertz CT molecular complexity index is 1070. The molecule has 2 aliphatic rings. The van der Waals surface area contributed by atoms with Crippen LogP contribution in [0.25, 0.3) is 11.1 Å². The van der Waals surface area contributed by atoms with Gasteiger partial charge in [-0.15, -0.1) is 0 Å². The van der Waals surface area contributed by atoms with Crippen molar-refractivity contribution in [2.45, 2.75) is 44.8 Å². The molecule has 8 heteroatoms. The van der Waals surface area contributed by atoms with E-state index in [0.717, 1.165) is 22.3 Å². The van der Waals surface area contributed by atoms with Gasteiger partial charge < -0.3 is 24.8 Å². The molecule has 0 bridgehead atoms. The van der Waals surface area contributed by atoms with Gasteiger partial charge in [0.25, 0.3) is 0 Å². The van der Waals surface area contributed by atoms with E-state index >= 15 is 0 Å². The van der Waals surface area contributed by atoms with Crippen molar-refractivity contribution < 1.29 is 29.0 Å². The van der Waals surface area contributed by atoms with Crippen molar-refractivity contribution in [3.8, 4) is 11.1 Å². The second kappa shape index (κ2) is 10.1. The highest BCUT2D eigenvalue weighted by Gasteiger charge is 2.44. The highest BCUT2D eigenvalue weighted by molar-refractivity contribution is 5.88. The molecule has 1 aliphatic carbocycles. The molecule has 186 valence electrons. The number of aliphatic carboxylic acids is 1. The van der Waals surface area contributed by atoms with Gasteiger partial charge in [0.1, 0.15) is 12.6 Å². The first-order valence-electron chi connectivity index (χ1n) is 11.9. The fraction of sp³-hybridized carbons (Fsp3) is 0.444. The van der Waals surface area contributed by atoms with Crippen molar-refractivity contribution in [1.29, 1.82) is 0 Å². The number of benzene rings is 2. The molecule has 0 saturated carbocycles. The summed E-state index contributed by atoms with van der Waals surface area (Å²) >= 11 is 0. The Morgan fingerprint density at radius 1 is 1.06 bits per heavy atom. The fourth-order valence-corrected chi connectivity index (χ4v) is 5.05. The minimum Gasteiger partial charge on any atom is -0.480 e. The van der Waals surface area contributed by atoms with Crippen molar-refractivity contribution in [2.24, 2.45) is 5.41 Å². The number of ether oxygens (including phenoxy) is 2. The van der Waals surface area contributed by atoms with Gasteiger partial charge >= 0.3 is 12.1 Å². The van der Waals surface area contributed by atoms with Gasteiger partial charge in [-0.05, 0) is 28.7 Å². The molecule has 35 heavy (non-hydrogen) atoms. The van der Waals surface area contributed by atoms with Gasteiger partial charge in [0.2, 0.25) is 5.91 Å². The molecule has 2 unspecified atom stereocenters. The van der Waals surface area contributed by atoms with E-state index in [1.54, 1.807) is 13.8 Å². The Kier molecular flexibility index (Phi) is 7.12. The number of hydrogen-bond acceptors (Lipinski definition) is 5. The lowest BCUT2D eigenvalue weighted by molar-refractivity contribution is -0.152. The average Bonchev–Trinajstić information content (AvgIpc) is 3.42. The summed E-state index contributed by atoms with van der Waals surface area (Å²) in [6, 6.07) is 15.4. The quantitative estimate of drug-likeness (QED) is 0.598. The summed E-state index contributed by atoms with van der Waals surface area (Å²) < 4.78 is 10.8. The SMILES string of the molecule is COC1CC(C(=O)O)N(C(=O)C(C)(C)CCNC(=O)OCC2c3ccccc3-c3ccccc32)C1. The molecule has 2 amide bonds. The minimum atomic E-state index is -1.04. The number of alkyl carbamates (subject to hydrolysis) is 1. The van der Waals surface area contributed by atoms with E-state index in [0.29, 0.717) is 6.42 Å². The number of rotatable bonds is 8. The Labute approximate surface area is 205 Å². The van der Waals surface area contributed by atoms with E-state index in [9.17, 15) is 19.5 Å². The Balaban J connectivity index is 1.30. The smallest absolute Gasteiger partial charge is 0.407 e. The van der Waals surface area contributed by atoms with E-state index < -0.39 is 23.5 Å². The van der Waals surface area contributed by atoms with E-state index in [2.05, 4.69) is 29.6 Å². The van der Waals surface area contributed by atoms with Crippen LogP contribution in [0, 0.1) is 5.41 Å². The third-order valence-corrected chi connectivity index (χ3v) is 7.08. The first-order chi connectivity index (χ1) is 16.7. The number of carbonyl (C=O) groups excluding carboxylic acids is 2. The van der Waals surface area contributed by atoms with E-state index in [-0.39, 0.29) is 44.0 Å². The van der Waals surface area contributed by atoms with Gasteiger partial charge in [-0.25, -0.2) is 9.59 Å². The molecular weight excluding hydrogens is 448 g/mol. The number of fused-ring (bicyclic) bond motifs is 3. The summed E-state index contributed by atoms with van der Waals surface area (Å²) in [4.78, 5) is 38.6. The molecule has 1 fully saturated rings. The second-order valence-corrected chi connectivity index (χ2v) is 9.79. The highest BCUT2D eigenvalue weighted by atomic mass is 16.5. The zero-order valence-electron chi connectivity index (χ0n) is 20.3. The van der Waals surface area contributed by atoms with Crippen LogP contribution in [-0.2, 0) is 19.1 Å².